The van der Waals surface area contributed by atoms with Crippen molar-refractivity contribution in [3.05, 3.63) is 0 Å². The number of hydrogen-bond acceptors (Lipinski definition) is 4. The fourth-order valence-corrected chi connectivity index (χ4v) is 2.43. The fraction of sp³-hybridized carbons (Fsp3) is 0.636. The van der Waals surface area contributed by atoms with Crippen molar-refractivity contribution in [1.29, 1.82) is 0 Å². The molecule has 0 aromatic heterocycles. The predicted molar refractivity (Wildman–Crippen MR) is 63.6 cm³/mol. The number of likely N-dealkylation sites (tertiary alicyclic amines) is 1. The number of carbonyl (C=O) groups is 4. The number of nitrogens with one attached hydrogen (secondary N) is 1. The Morgan fingerprint density at radius 3 is 2.37 bits per heavy atom. The molecule has 8 nitrogen and oxygen atoms in total. The second-order valence-electron chi connectivity index (χ2n) is 4.79. The smallest absolute Gasteiger partial charge is 0.314 e. The molecule has 0 bridgehead atoms. The Balaban J connectivity index is 2.00. The Morgan fingerprint density at radius 1 is 1.16 bits per heavy atom. The van der Waals surface area contributed by atoms with Crippen LogP contribution in [0.5, 0.6) is 0 Å². The van der Waals surface area contributed by atoms with Gasteiger partial charge in [-0.25, -0.2) is 4.79 Å². The molecule has 0 aromatic rings. The summed E-state index contributed by atoms with van der Waals surface area (Å²) in [5, 5.41) is 2.14. The summed E-state index contributed by atoms with van der Waals surface area (Å²) in [5.74, 6) is -1.62. The van der Waals surface area contributed by atoms with E-state index in [1.54, 1.807) is 0 Å². The molecule has 0 spiro atoms. The summed E-state index contributed by atoms with van der Waals surface area (Å²) < 4.78 is 0. The zero-order valence-electron chi connectivity index (χ0n) is 10.4. The molecular weight excluding hydrogens is 252 g/mol. The van der Waals surface area contributed by atoms with Crippen LogP contribution in [0.1, 0.15) is 12.8 Å². The first-order valence-corrected chi connectivity index (χ1v) is 6.13. The molecule has 1 atom stereocenters. The van der Waals surface area contributed by atoms with Gasteiger partial charge in [-0.1, -0.05) is 0 Å². The molecule has 0 aliphatic carbocycles. The van der Waals surface area contributed by atoms with Crippen molar-refractivity contribution in [2.24, 2.45) is 11.7 Å². The highest BCUT2D eigenvalue weighted by Gasteiger charge is 2.34. The molecule has 0 aromatic carbocycles. The van der Waals surface area contributed by atoms with Gasteiger partial charge >= 0.3 is 6.03 Å². The summed E-state index contributed by atoms with van der Waals surface area (Å²) in [6.07, 6.45) is 1.32. The molecule has 2 aliphatic rings. The fourth-order valence-electron chi connectivity index (χ4n) is 2.43. The lowest BCUT2D eigenvalue weighted by Gasteiger charge is -2.34. The quantitative estimate of drug-likeness (QED) is 0.550. The second kappa shape index (κ2) is 5.25. The van der Waals surface area contributed by atoms with E-state index < -0.39 is 17.8 Å². The van der Waals surface area contributed by atoms with E-state index in [9.17, 15) is 19.2 Å². The molecule has 8 heteroatoms. The maximum Gasteiger partial charge on any atom is 0.314 e. The number of hydrogen-bond donors (Lipinski definition) is 2. The van der Waals surface area contributed by atoms with E-state index in [-0.39, 0.29) is 31.5 Å². The van der Waals surface area contributed by atoms with Crippen LogP contribution in [0.2, 0.25) is 0 Å². The molecule has 0 radical (unpaired) electrons. The van der Waals surface area contributed by atoms with Crippen LogP contribution in [-0.4, -0.2) is 59.7 Å². The monoisotopic (exact) mass is 268 g/mol. The number of rotatable bonds is 1. The summed E-state index contributed by atoms with van der Waals surface area (Å²) in [7, 11) is 0. The molecular formula is C11H16N4O4. The standard InChI is InChI=1S/C11H16N4O4/c12-11(19)14-3-1-2-7(4-14)10(18)15-5-8(16)13-9(17)6-15/h7H,1-6H2,(H2,12,19)(H,13,16,17). The van der Waals surface area contributed by atoms with Gasteiger partial charge in [-0.05, 0) is 12.8 Å². The molecule has 5 amide bonds. The Bertz CT molecular complexity index is 420. The topological polar surface area (TPSA) is 113 Å². The maximum absolute atomic E-state index is 12.2. The highest BCUT2D eigenvalue weighted by molar-refractivity contribution is 6.02. The average Bonchev–Trinajstić information content (AvgIpc) is 2.37. The molecule has 2 aliphatic heterocycles. The first-order valence-electron chi connectivity index (χ1n) is 6.13. The lowest BCUT2D eigenvalue weighted by Crippen LogP contribution is -2.56. The van der Waals surface area contributed by atoms with Crippen LogP contribution in [0.25, 0.3) is 0 Å². The van der Waals surface area contributed by atoms with E-state index in [0.29, 0.717) is 19.4 Å². The van der Waals surface area contributed by atoms with Crippen LogP contribution in [-0.2, 0) is 14.4 Å². The van der Waals surface area contributed by atoms with E-state index in [2.05, 4.69) is 5.32 Å². The van der Waals surface area contributed by atoms with Crippen molar-refractivity contribution in [2.75, 3.05) is 26.2 Å². The van der Waals surface area contributed by atoms with E-state index in [0.717, 1.165) is 0 Å². The van der Waals surface area contributed by atoms with Crippen LogP contribution in [0.4, 0.5) is 4.79 Å². The third-order valence-electron chi connectivity index (χ3n) is 3.34. The number of primary amides is 1. The average molecular weight is 268 g/mol. The summed E-state index contributed by atoms with van der Waals surface area (Å²) in [6.45, 7) is 0.564. The van der Waals surface area contributed by atoms with Gasteiger partial charge < -0.3 is 15.5 Å². The Morgan fingerprint density at radius 2 is 1.79 bits per heavy atom. The van der Waals surface area contributed by atoms with Crippen LogP contribution < -0.4 is 11.1 Å². The lowest BCUT2D eigenvalue weighted by atomic mass is 9.96. The molecule has 2 heterocycles. The number of nitrogens with two attached hydrogens (primary N) is 1. The highest BCUT2D eigenvalue weighted by atomic mass is 16.2. The Labute approximate surface area is 109 Å². The van der Waals surface area contributed by atoms with Gasteiger partial charge in [-0.15, -0.1) is 0 Å². The van der Waals surface area contributed by atoms with Crippen LogP contribution >= 0.6 is 0 Å². The van der Waals surface area contributed by atoms with Gasteiger partial charge in [0, 0.05) is 13.1 Å². The van der Waals surface area contributed by atoms with E-state index >= 15 is 0 Å². The number of imide groups is 1. The molecule has 2 saturated heterocycles. The van der Waals surface area contributed by atoms with Gasteiger partial charge in [0.1, 0.15) is 13.1 Å². The third kappa shape index (κ3) is 3.01. The van der Waals surface area contributed by atoms with Crippen molar-refractivity contribution < 1.29 is 19.2 Å². The summed E-state index contributed by atoms with van der Waals surface area (Å²) >= 11 is 0. The number of piperazine rings is 1. The summed E-state index contributed by atoms with van der Waals surface area (Å²) in [4.78, 5) is 48.4. The number of carbonyl (C=O) groups excluding carboxylic acids is 4. The Kier molecular flexibility index (Phi) is 3.68. The minimum Gasteiger partial charge on any atom is -0.351 e. The first kappa shape index (κ1) is 13.3. The van der Waals surface area contributed by atoms with Crippen LogP contribution in [0, 0.1) is 5.92 Å². The van der Waals surface area contributed by atoms with Crippen molar-refractivity contribution in [3.8, 4) is 0 Å². The van der Waals surface area contributed by atoms with E-state index in [1.165, 1.54) is 9.80 Å². The largest absolute Gasteiger partial charge is 0.351 e. The van der Waals surface area contributed by atoms with Gasteiger partial charge in [0.15, 0.2) is 0 Å². The normalized spacial score (nSPS) is 24.1. The first-order chi connectivity index (χ1) is 8.97. The van der Waals surface area contributed by atoms with Crippen molar-refractivity contribution in [3.63, 3.8) is 0 Å². The van der Waals surface area contributed by atoms with Crippen molar-refractivity contribution in [1.82, 2.24) is 15.1 Å². The number of piperidine rings is 1. The molecule has 1 unspecified atom stereocenters. The number of nitrogens with zero attached hydrogens (tertiary/aromatic N) is 2. The highest BCUT2D eigenvalue weighted by Crippen LogP contribution is 2.19. The summed E-state index contributed by atoms with van der Waals surface area (Å²) in [5.41, 5.74) is 5.20. The van der Waals surface area contributed by atoms with Gasteiger partial charge in [0.05, 0.1) is 5.92 Å². The SMILES string of the molecule is NC(=O)N1CCCC(C(=O)N2CC(=O)NC(=O)C2)C1. The molecule has 2 rings (SSSR count). The number of urea groups is 1. The minimum atomic E-state index is -0.551. The van der Waals surface area contributed by atoms with Gasteiger partial charge in [0.2, 0.25) is 17.7 Å². The molecule has 3 N–H and O–H groups in total. The summed E-state index contributed by atoms with van der Waals surface area (Å²) in [6, 6.07) is -0.551. The minimum absolute atomic E-state index is 0.113. The van der Waals surface area contributed by atoms with Gasteiger partial charge in [-0.3, -0.25) is 19.7 Å². The van der Waals surface area contributed by atoms with Crippen molar-refractivity contribution in [2.45, 2.75) is 12.8 Å². The maximum atomic E-state index is 12.2. The zero-order valence-corrected chi connectivity index (χ0v) is 10.4. The van der Waals surface area contributed by atoms with Gasteiger partial charge in [0.25, 0.3) is 0 Å². The zero-order chi connectivity index (χ0) is 14.0. The molecule has 0 saturated carbocycles. The number of amides is 5. The molecule has 2 fully saturated rings. The van der Waals surface area contributed by atoms with Crippen molar-refractivity contribution >= 4 is 23.8 Å². The van der Waals surface area contributed by atoms with E-state index in [1.807, 2.05) is 0 Å². The van der Waals surface area contributed by atoms with Gasteiger partial charge in [-0.2, -0.15) is 0 Å². The second-order valence-corrected chi connectivity index (χ2v) is 4.79. The third-order valence-corrected chi connectivity index (χ3v) is 3.34. The predicted octanol–water partition coefficient (Wildman–Crippen LogP) is -1.74. The van der Waals surface area contributed by atoms with Crippen LogP contribution in [0.15, 0.2) is 0 Å². The van der Waals surface area contributed by atoms with Crippen LogP contribution in [0.3, 0.4) is 0 Å². The Hall–Kier alpha value is -2.12. The molecule has 19 heavy (non-hydrogen) atoms. The van der Waals surface area contributed by atoms with E-state index in [4.69, 9.17) is 5.73 Å². The molecule has 104 valence electrons. The lowest BCUT2D eigenvalue weighted by molar-refractivity contribution is -0.148.